The van der Waals surface area contributed by atoms with Crippen LogP contribution in [0.25, 0.3) is 22.5 Å². The summed E-state index contributed by atoms with van der Waals surface area (Å²) < 4.78 is 17.9. The van der Waals surface area contributed by atoms with E-state index in [1.165, 1.54) is 10.7 Å². The van der Waals surface area contributed by atoms with Crippen LogP contribution in [0.3, 0.4) is 0 Å². The second kappa shape index (κ2) is 8.79. The van der Waals surface area contributed by atoms with Crippen LogP contribution in [0.15, 0.2) is 79.3 Å². The largest absolute Gasteiger partial charge is 0.310 e. The van der Waals surface area contributed by atoms with Crippen molar-refractivity contribution in [3.05, 3.63) is 96.3 Å². The molecule has 1 N–H and O–H groups in total. The summed E-state index contributed by atoms with van der Waals surface area (Å²) in [5.41, 5.74) is 4.11. The zero-order chi connectivity index (χ0) is 24.6. The molecule has 0 fully saturated rings. The number of rotatable bonds is 5. The fraction of sp³-hybridized carbons (Fsp3) is 0.185. The average Bonchev–Trinajstić information content (AvgIpc) is 3.44. The number of imidazole rings is 1. The van der Waals surface area contributed by atoms with Crippen LogP contribution in [0.5, 0.6) is 0 Å². The van der Waals surface area contributed by atoms with Gasteiger partial charge in [-0.25, -0.2) is 19.0 Å². The van der Waals surface area contributed by atoms with Gasteiger partial charge in [-0.3, -0.25) is 9.36 Å². The minimum atomic E-state index is -0.413. The first-order chi connectivity index (χ1) is 16.8. The van der Waals surface area contributed by atoms with Gasteiger partial charge in [-0.2, -0.15) is 5.10 Å². The molecule has 0 saturated carbocycles. The molecule has 0 spiro atoms. The Hall–Kier alpha value is -4.33. The van der Waals surface area contributed by atoms with E-state index in [2.05, 4.69) is 20.4 Å². The number of benzene rings is 2. The lowest BCUT2D eigenvalue weighted by Gasteiger charge is -2.14. The second-order valence-corrected chi connectivity index (χ2v) is 9.38. The van der Waals surface area contributed by atoms with E-state index in [-0.39, 0.29) is 23.4 Å². The summed E-state index contributed by atoms with van der Waals surface area (Å²) in [6.07, 6.45) is 3.63. The first kappa shape index (κ1) is 22.5. The predicted octanol–water partition coefficient (Wildman–Crippen LogP) is 5.22. The predicted molar refractivity (Wildman–Crippen MR) is 133 cm³/mol. The highest BCUT2D eigenvalue weighted by molar-refractivity contribution is 5.92. The van der Waals surface area contributed by atoms with E-state index >= 15 is 0 Å². The van der Waals surface area contributed by atoms with Crippen molar-refractivity contribution in [2.24, 2.45) is 0 Å². The molecule has 0 radical (unpaired) electrons. The third-order valence-electron chi connectivity index (χ3n) is 5.71. The molecule has 35 heavy (non-hydrogen) atoms. The van der Waals surface area contributed by atoms with Crippen LogP contribution < -0.4 is 5.32 Å². The zero-order valence-corrected chi connectivity index (χ0v) is 19.7. The van der Waals surface area contributed by atoms with E-state index in [0.717, 1.165) is 28.1 Å². The number of carbonyl (C=O) groups is 1. The number of carbonyl (C=O) groups excluding carboxylic acids is 1. The lowest BCUT2D eigenvalue weighted by atomic mass is 9.92. The van der Waals surface area contributed by atoms with Crippen LogP contribution in [0.4, 0.5) is 10.2 Å². The van der Waals surface area contributed by atoms with Crippen molar-refractivity contribution in [1.82, 2.24) is 24.3 Å². The summed E-state index contributed by atoms with van der Waals surface area (Å²) in [7, 11) is 0. The van der Waals surface area contributed by atoms with Crippen molar-refractivity contribution in [2.75, 3.05) is 5.32 Å². The fourth-order valence-corrected chi connectivity index (χ4v) is 3.83. The second-order valence-electron chi connectivity index (χ2n) is 9.38. The molecule has 0 unspecified atom stereocenters. The molecule has 0 aliphatic heterocycles. The molecule has 176 valence electrons. The Morgan fingerprint density at radius 1 is 1.00 bits per heavy atom. The van der Waals surface area contributed by atoms with Gasteiger partial charge in [-0.1, -0.05) is 45.0 Å². The molecular formula is C27H25FN6O. The van der Waals surface area contributed by atoms with E-state index < -0.39 is 5.82 Å². The smallest absolute Gasteiger partial charge is 0.229 e. The van der Waals surface area contributed by atoms with Gasteiger partial charge < -0.3 is 5.32 Å². The van der Waals surface area contributed by atoms with Crippen molar-refractivity contribution < 1.29 is 9.18 Å². The fourth-order valence-electron chi connectivity index (χ4n) is 3.83. The molecule has 1 amide bonds. The third kappa shape index (κ3) is 4.55. The Kier molecular flexibility index (Phi) is 5.64. The number of halogens is 1. The first-order valence-electron chi connectivity index (χ1n) is 11.3. The number of hydrogen-bond donors (Lipinski definition) is 1. The Morgan fingerprint density at radius 2 is 1.77 bits per heavy atom. The molecule has 0 atom stereocenters. The van der Waals surface area contributed by atoms with Crippen LogP contribution in [-0.4, -0.2) is 30.2 Å². The minimum absolute atomic E-state index is 0.163. The van der Waals surface area contributed by atoms with Gasteiger partial charge in [0.05, 0.1) is 12.1 Å². The molecule has 0 aliphatic carbocycles. The maximum Gasteiger partial charge on any atom is 0.229 e. The van der Waals surface area contributed by atoms with Crippen LogP contribution >= 0.6 is 0 Å². The number of anilines is 1. The van der Waals surface area contributed by atoms with Crippen LogP contribution in [-0.2, 0) is 16.6 Å². The molecular weight excluding hydrogens is 443 g/mol. The van der Waals surface area contributed by atoms with Crippen molar-refractivity contribution in [3.63, 3.8) is 0 Å². The van der Waals surface area contributed by atoms with Gasteiger partial charge in [0.15, 0.2) is 5.65 Å². The Bertz CT molecular complexity index is 1510. The van der Waals surface area contributed by atoms with Crippen molar-refractivity contribution in [1.29, 1.82) is 0 Å². The topological polar surface area (TPSA) is 77.6 Å². The van der Waals surface area contributed by atoms with Gasteiger partial charge in [0.25, 0.3) is 0 Å². The number of aromatic nitrogens is 5. The van der Waals surface area contributed by atoms with E-state index in [0.29, 0.717) is 5.82 Å². The quantitative estimate of drug-likeness (QED) is 0.383. The number of fused-ring (bicyclic) bond motifs is 1. The van der Waals surface area contributed by atoms with Crippen molar-refractivity contribution in [3.8, 4) is 11.4 Å². The molecule has 7 nitrogen and oxygen atoms in total. The lowest BCUT2D eigenvalue weighted by Crippen LogP contribution is -2.17. The highest BCUT2D eigenvalue weighted by Crippen LogP contribution is 2.27. The van der Waals surface area contributed by atoms with E-state index in [9.17, 15) is 9.18 Å². The average molecular weight is 469 g/mol. The van der Waals surface area contributed by atoms with Gasteiger partial charge in [-0.05, 0) is 42.0 Å². The van der Waals surface area contributed by atoms with Crippen molar-refractivity contribution in [2.45, 2.75) is 32.6 Å². The standard InChI is InChI=1S/C27H25FN6O/c1-27(2,3)23-16-24(34(32-23)22-9-5-4-7-20(22)28)31-25(35)15-18-10-12-19(13-11-18)33-17-30-21-8-6-14-29-26(21)33/h4-14,16-17H,15H2,1-3H3,(H,31,35). The Labute approximate surface area is 202 Å². The Morgan fingerprint density at radius 3 is 2.51 bits per heavy atom. The molecule has 0 bridgehead atoms. The monoisotopic (exact) mass is 468 g/mol. The van der Waals surface area contributed by atoms with Gasteiger partial charge in [-0.15, -0.1) is 0 Å². The zero-order valence-electron chi connectivity index (χ0n) is 19.7. The number of amides is 1. The third-order valence-corrected chi connectivity index (χ3v) is 5.71. The molecule has 0 aliphatic rings. The van der Waals surface area contributed by atoms with Gasteiger partial charge >= 0.3 is 0 Å². The molecule has 3 aromatic heterocycles. The van der Waals surface area contributed by atoms with Crippen LogP contribution in [0, 0.1) is 5.82 Å². The molecule has 8 heteroatoms. The van der Waals surface area contributed by atoms with E-state index in [1.54, 1.807) is 36.8 Å². The SMILES string of the molecule is CC(C)(C)c1cc(NC(=O)Cc2ccc(-n3cnc4cccnc43)cc2)n(-c2ccccc2F)n1. The maximum atomic E-state index is 14.5. The molecule has 5 aromatic rings. The summed E-state index contributed by atoms with van der Waals surface area (Å²) in [4.78, 5) is 21.7. The Balaban J connectivity index is 1.37. The number of para-hydroxylation sites is 1. The molecule has 3 heterocycles. The molecule has 5 rings (SSSR count). The number of nitrogens with one attached hydrogen (secondary N) is 1. The summed E-state index contributed by atoms with van der Waals surface area (Å²) in [6, 6.07) is 19.6. The van der Waals surface area contributed by atoms with Crippen LogP contribution in [0.2, 0.25) is 0 Å². The summed E-state index contributed by atoms with van der Waals surface area (Å²) >= 11 is 0. The molecule has 0 saturated heterocycles. The summed E-state index contributed by atoms with van der Waals surface area (Å²) in [6.45, 7) is 6.06. The maximum absolute atomic E-state index is 14.5. The van der Waals surface area contributed by atoms with Gasteiger partial charge in [0, 0.05) is 23.4 Å². The molecule has 2 aromatic carbocycles. The highest BCUT2D eigenvalue weighted by Gasteiger charge is 2.22. The highest BCUT2D eigenvalue weighted by atomic mass is 19.1. The van der Waals surface area contributed by atoms with Gasteiger partial charge in [0.2, 0.25) is 5.91 Å². The number of nitrogens with zero attached hydrogens (tertiary/aromatic N) is 5. The lowest BCUT2D eigenvalue weighted by molar-refractivity contribution is -0.115. The normalized spacial score (nSPS) is 11.7. The van der Waals surface area contributed by atoms with Crippen molar-refractivity contribution >= 4 is 22.9 Å². The summed E-state index contributed by atoms with van der Waals surface area (Å²) in [5, 5.41) is 7.50. The number of hydrogen-bond acceptors (Lipinski definition) is 4. The van der Waals surface area contributed by atoms with Gasteiger partial charge in [0.1, 0.15) is 29.2 Å². The van der Waals surface area contributed by atoms with E-state index in [1.807, 2.05) is 61.7 Å². The number of pyridine rings is 1. The minimum Gasteiger partial charge on any atom is -0.310 e. The van der Waals surface area contributed by atoms with E-state index in [4.69, 9.17) is 0 Å². The summed E-state index contributed by atoms with van der Waals surface area (Å²) in [5.74, 6) is -0.202. The van der Waals surface area contributed by atoms with Crippen LogP contribution in [0.1, 0.15) is 32.0 Å². The first-order valence-corrected chi connectivity index (χ1v) is 11.3.